The molecular formula is C26H31FN2O6. The summed E-state index contributed by atoms with van der Waals surface area (Å²) in [5.41, 5.74) is 0.642. The highest BCUT2D eigenvalue weighted by molar-refractivity contribution is 6.46. The van der Waals surface area contributed by atoms with Crippen molar-refractivity contribution in [2.24, 2.45) is 0 Å². The molecule has 2 aromatic carbocycles. The maximum Gasteiger partial charge on any atom is 0.295 e. The van der Waals surface area contributed by atoms with Crippen LogP contribution in [0.5, 0.6) is 17.2 Å². The number of carbonyl (C=O) groups excluding carboxylic acids is 2. The van der Waals surface area contributed by atoms with Gasteiger partial charge in [-0.1, -0.05) is 13.8 Å². The van der Waals surface area contributed by atoms with Gasteiger partial charge in [0.1, 0.15) is 11.6 Å². The Kier molecular flexibility index (Phi) is 8.34. The molecule has 35 heavy (non-hydrogen) atoms. The van der Waals surface area contributed by atoms with Crippen molar-refractivity contribution in [3.8, 4) is 17.2 Å². The fraction of sp³-hybridized carbons (Fsp3) is 0.385. The van der Waals surface area contributed by atoms with Crippen molar-refractivity contribution >= 4 is 17.4 Å². The van der Waals surface area contributed by atoms with Gasteiger partial charge in [0, 0.05) is 18.7 Å². The van der Waals surface area contributed by atoms with Crippen LogP contribution in [-0.2, 0) is 9.59 Å². The lowest BCUT2D eigenvalue weighted by molar-refractivity contribution is -0.140. The molecule has 0 saturated carbocycles. The third-order valence-corrected chi connectivity index (χ3v) is 6.21. The lowest BCUT2D eigenvalue weighted by Gasteiger charge is -2.29. The summed E-state index contributed by atoms with van der Waals surface area (Å²) in [5.74, 6) is -1.35. The Labute approximate surface area is 204 Å². The summed E-state index contributed by atoms with van der Waals surface area (Å²) in [5, 5.41) is 11.1. The molecule has 1 saturated heterocycles. The maximum absolute atomic E-state index is 13.5. The van der Waals surface area contributed by atoms with Crippen LogP contribution in [0, 0.1) is 5.82 Å². The van der Waals surface area contributed by atoms with Gasteiger partial charge in [-0.2, -0.15) is 0 Å². The first kappa shape index (κ1) is 26.0. The molecule has 1 unspecified atom stereocenters. The zero-order chi connectivity index (χ0) is 25.7. The highest BCUT2D eigenvalue weighted by Gasteiger charge is 2.46. The number of ether oxygens (including phenoxy) is 3. The second-order valence-corrected chi connectivity index (χ2v) is 7.98. The molecule has 1 heterocycles. The maximum atomic E-state index is 13.5. The van der Waals surface area contributed by atoms with Gasteiger partial charge in [0.2, 0.25) is 5.75 Å². The number of hydrogen-bond acceptors (Lipinski definition) is 7. The van der Waals surface area contributed by atoms with E-state index in [1.807, 2.05) is 13.8 Å². The van der Waals surface area contributed by atoms with Crippen molar-refractivity contribution in [1.82, 2.24) is 9.80 Å². The first-order valence-electron chi connectivity index (χ1n) is 11.4. The smallest absolute Gasteiger partial charge is 0.295 e. The van der Waals surface area contributed by atoms with Crippen LogP contribution in [0.15, 0.2) is 42.0 Å². The van der Waals surface area contributed by atoms with E-state index in [1.54, 1.807) is 12.1 Å². The molecule has 8 nitrogen and oxygen atoms in total. The predicted molar refractivity (Wildman–Crippen MR) is 129 cm³/mol. The first-order chi connectivity index (χ1) is 16.8. The minimum absolute atomic E-state index is 0.0876. The fourth-order valence-corrected chi connectivity index (χ4v) is 4.27. The summed E-state index contributed by atoms with van der Waals surface area (Å²) < 4.78 is 29.8. The van der Waals surface area contributed by atoms with Gasteiger partial charge in [-0.15, -0.1) is 0 Å². The van der Waals surface area contributed by atoms with Gasteiger partial charge in [0.25, 0.3) is 11.7 Å². The molecule has 0 bridgehead atoms. The number of amides is 1. The van der Waals surface area contributed by atoms with E-state index < -0.39 is 23.5 Å². The molecule has 1 aliphatic heterocycles. The number of aliphatic hydroxyl groups excluding tert-OH is 1. The number of halogens is 1. The number of benzene rings is 2. The van der Waals surface area contributed by atoms with Gasteiger partial charge in [-0.25, -0.2) is 4.39 Å². The van der Waals surface area contributed by atoms with Crippen LogP contribution in [0.2, 0.25) is 0 Å². The van der Waals surface area contributed by atoms with E-state index in [4.69, 9.17) is 14.2 Å². The van der Waals surface area contributed by atoms with Crippen LogP contribution in [-0.4, -0.2) is 74.1 Å². The predicted octanol–water partition coefficient (Wildman–Crippen LogP) is 3.62. The van der Waals surface area contributed by atoms with Crippen LogP contribution in [0.1, 0.15) is 31.0 Å². The second-order valence-electron chi connectivity index (χ2n) is 7.98. The highest BCUT2D eigenvalue weighted by atomic mass is 19.1. The van der Waals surface area contributed by atoms with Crippen LogP contribution < -0.4 is 14.2 Å². The zero-order valence-electron chi connectivity index (χ0n) is 20.6. The SMILES string of the molecule is CCN(CC)CCN1C(=O)C(=O)/C(=C(/O)c2ccc(F)cc2)C1c1cc(OC)c(OC)c(OC)c1. The Bertz CT molecular complexity index is 1090. The number of carbonyl (C=O) groups is 2. The van der Waals surface area contributed by atoms with Crippen molar-refractivity contribution in [2.45, 2.75) is 19.9 Å². The molecule has 3 rings (SSSR count). The van der Waals surface area contributed by atoms with Gasteiger partial charge in [0.05, 0.1) is 32.9 Å². The number of likely N-dealkylation sites (N-methyl/N-ethyl adjacent to an activating group) is 1. The van der Waals surface area contributed by atoms with E-state index >= 15 is 0 Å². The molecule has 1 aliphatic rings. The molecule has 188 valence electrons. The van der Waals surface area contributed by atoms with Crippen LogP contribution >= 0.6 is 0 Å². The summed E-state index contributed by atoms with van der Waals surface area (Å²) in [6.45, 7) is 6.40. The number of hydrogen-bond donors (Lipinski definition) is 1. The number of Topliss-reactive ketones (excluding diaryl/α,β-unsaturated/α-hetero) is 1. The molecule has 2 aromatic rings. The monoisotopic (exact) mass is 486 g/mol. The highest BCUT2D eigenvalue weighted by Crippen LogP contribution is 2.45. The van der Waals surface area contributed by atoms with Crippen LogP contribution in [0.3, 0.4) is 0 Å². The summed E-state index contributed by atoms with van der Waals surface area (Å²) in [4.78, 5) is 30.0. The quantitative estimate of drug-likeness (QED) is 0.312. The second kappa shape index (κ2) is 11.2. The van der Waals surface area contributed by atoms with E-state index in [0.29, 0.717) is 29.4 Å². The van der Waals surface area contributed by atoms with Gasteiger partial charge in [-0.3, -0.25) is 9.59 Å². The molecule has 0 aliphatic carbocycles. The molecule has 0 radical (unpaired) electrons. The number of aliphatic hydroxyl groups is 1. The normalized spacial score (nSPS) is 17.2. The molecule has 0 spiro atoms. The molecule has 1 amide bonds. The number of ketones is 1. The van der Waals surface area contributed by atoms with Crippen molar-refractivity contribution in [1.29, 1.82) is 0 Å². The number of methoxy groups -OCH3 is 3. The Morgan fingerprint density at radius 1 is 1.00 bits per heavy atom. The van der Waals surface area contributed by atoms with Gasteiger partial charge in [0.15, 0.2) is 11.5 Å². The van der Waals surface area contributed by atoms with Crippen molar-refractivity contribution in [2.75, 3.05) is 47.5 Å². The third-order valence-electron chi connectivity index (χ3n) is 6.21. The topological polar surface area (TPSA) is 88.5 Å². The number of likely N-dealkylation sites (tertiary alicyclic amines) is 1. The average molecular weight is 487 g/mol. The lowest BCUT2D eigenvalue weighted by atomic mass is 9.94. The largest absolute Gasteiger partial charge is 0.507 e. The summed E-state index contributed by atoms with van der Waals surface area (Å²) in [6.07, 6.45) is 0. The van der Waals surface area contributed by atoms with E-state index in [0.717, 1.165) is 13.1 Å². The Morgan fingerprint density at radius 3 is 2.06 bits per heavy atom. The van der Waals surface area contributed by atoms with E-state index in [-0.39, 0.29) is 23.4 Å². The molecule has 0 aromatic heterocycles. The molecule has 9 heteroatoms. The number of nitrogens with zero attached hydrogens (tertiary/aromatic N) is 2. The minimum Gasteiger partial charge on any atom is -0.507 e. The van der Waals surface area contributed by atoms with Crippen molar-refractivity contribution < 1.29 is 33.3 Å². The summed E-state index contributed by atoms with van der Waals surface area (Å²) in [7, 11) is 4.42. The van der Waals surface area contributed by atoms with Crippen LogP contribution in [0.4, 0.5) is 4.39 Å². The lowest BCUT2D eigenvalue weighted by Crippen LogP contribution is -2.38. The zero-order valence-corrected chi connectivity index (χ0v) is 20.6. The summed E-state index contributed by atoms with van der Waals surface area (Å²) >= 11 is 0. The standard InChI is InChI=1S/C26H31FN2O6/c1-6-28(7-2)12-13-29-22(17-14-19(33-3)25(35-5)20(15-17)34-4)21(24(31)26(29)32)23(30)16-8-10-18(27)11-9-16/h8-11,14-15,22,30H,6-7,12-13H2,1-5H3/b23-21+. The molecule has 1 N–H and O–H groups in total. The van der Waals surface area contributed by atoms with Crippen molar-refractivity contribution in [3.63, 3.8) is 0 Å². The fourth-order valence-electron chi connectivity index (χ4n) is 4.27. The van der Waals surface area contributed by atoms with E-state index in [2.05, 4.69) is 4.90 Å². The Balaban J connectivity index is 2.21. The van der Waals surface area contributed by atoms with Gasteiger partial charge in [-0.05, 0) is 55.1 Å². The summed E-state index contributed by atoms with van der Waals surface area (Å²) in [6, 6.07) is 7.48. The molecule has 1 atom stereocenters. The minimum atomic E-state index is -0.913. The van der Waals surface area contributed by atoms with E-state index in [1.165, 1.54) is 50.5 Å². The van der Waals surface area contributed by atoms with Gasteiger partial charge >= 0.3 is 0 Å². The van der Waals surface area contributed by atoms with Crippen LogP contribution in [0.25, 0.3) is 5.76 Å². The van der Waals surface area contributed by atoms with Crippen molar-refractivity contribution in [3.05, 3.63) is 58.9 Å². The average Bonchev–Trinajstić information content (AvgIpc) is 3.13. The Morgan fingerprint density at radius 2 is 1.57 bits per heavy atom. The molecule has 1 fully saturated rings. The third kappa shape index (κ3) is 5.09. The first-order valence-corrected chi connectivity index (χ1v) is 11.4. The van der Waals surface area contributed by atoms with Gasteiger partial charge < -0.3 is 29.1 Å². The Hall–Kier alpha value is -3.59. The van der Waals surface area contributed by atoms with E-state index in [9.17, 15) is 19.1 Å². The number of rotatable bonds is 10. The molecular weight excluding hydrogens is 455 g/mol.